The minimum atomic E-state index is -2.15. The maximum Gasteiger partial charge on any atom is 0.408 e. The molecule has 1 amide bonds. The number of carbonyl (C=O) groups excluding carboxylic acids is 1. The van der Waals surface area contributed by atoms with Gasteiger partial charge in [-0.3, -0.25) is 0 Å². The number of alkyl carbamates (subject to hydrolysis) is 1. The van der Waals surface area contributed by atoms with Crippen LogP contribution in [0.15, 0.2) is 18.7 Å². The molecule has 0 aliphatic rings. The monoisotopic (exact) mass is 499 g/mol. The van der Waals surface area contributed by atoms with Crippen LogP contribution < -0.4 is 5.32 Å². The molecule has 0 bridgehead atoms. The molecule has 0 unspecified atom stereocenters. The molecule has 0 radical (unpaired) electrons. The van der Waals surface area contributed by atoms with Crippen LogP contribution >= 0.6 is 0 Å². The Kier molecular flexibility index (Phi) is 9.61. The van der Waals surface area contributed by atoms with Crippen molar-refractivity contribution >= 4 is 22.7 Å². The molecule has 7 nitrogen and oxygen atoms in total. The Morgan fingerprint density at radius 2 is 1.52 bits per heavy atom. The van der Waals surface area contributed by atoms with Crippen molar-refractivity contribution in [1.29, 1.82) is 0 Å². The molecule has 33 heavy (non-hydrogen) atoms. The number of hydrogen-bond acceptors (Lipinski definition) is 5. The van der Waals surface area contributed by atoms with Crippen molar-refractivity contribution in [2.45, 2.75) is 123 Å². The van der Waals surface area contributed by atoms with Gasteiger partial charge in [-0.05, 0) is 57.0 Å². The number of nitrogens with one attached hydrogen (secondary N) is 1. The fraction of sp³-hybridized carbons (Fsp3) is 0.833. The highest BCUT2D eigenvalue weighted by atomic mass is 28.4. The molecule has 1 N–H and O–H groups in total. The van der Waals surface area contributed by atoms with E-state index in [0.29, 0.717) is 13.2 Å². The first-order chi connectivity index (χ1) is 14.6. The molecule has 1 heterocycles. The van der Waals surface area contributed by atoms with Gasteiger partial charge in [0.05, 0.1) is 25.1 Å². The molecule has 0 aromatic carbocycles. The fourth-order valence-electron chi connectivity index (χ4n) is 2.63. The maximum atomic E-state index is 12.8. The highest BCUT2D eigenvalue weighted by molar-refractivity contribution is 6.74. The van der Waals surface area contributed by atoms with E-state index in [-0.39, 0.29) is 22.2 Å². The van der Waals surface area contributed by atoms with Gasteiger partial charge in [0.15, 0.2) is 16.6 Å². The van der Waals surface area contributed by atoms with E-state index >= 15 is 0 Å². The summed E-state index contributed by atoms with van der Waals surface area (Å²) < 4.78 is 21.0. The summed E-state index contributed by atoms with van der Waals surface area (Å²) in [6.45, 7) is 28.8. The number of hydrogen-bond donors (Lipinski definition) is 1. The van der Waals surface area contributed by atoms with Crippen molar-refractivity contribution in [3.63, 3.8) is 0 Å². The van der Waals surface area contributed by atoms with E-state index in [2.05, 4.69) is 78.0 Å². The minimum absolute atomic E-state index is 0.0215. The van der Waals surface area contributed by atoms with Gasteiger partial charge in [0.2, 0.25) is 0 Å². The average molecular weight is 500 g/mol. The van der Waals surface area contributed by atoms with Crippen LogP contribution in [0, 0.1) is 0 Å². The normalized spacial score (nSPS) is 15.8. The van der Waals surface area contributed by atoms with Crippen LogP contribution in [0.3, 0.4) is 0 Å². The van der Waals surface area contributed by atoms with E-state index in [4.69, 9.17) is 13.6 Å². The third kappa shape index (κ3) is 9.54. The summed E-state index contributed by atoms with van der Waals surface area (Å²) >= 11 is 0. The molecule has 1 rings (SSSR count). The molecule has 0 saturated heterocycles. The molecule has 0 aliphatic heterocycles. The third-order valence-electron chi connectivity index (χ3n) is 6.78. The topological polar surface area (TPSA) is 74.6 Å². The second kappa shape index (κ2) is 10.6. The van der Waals surface area contributed by atoms with Crippen LogP contribution in [0.1, 0.15) is 62.3 Å². The minimum Gasteiger partial charge on any atom is -0.444 e. The van der Waals surface area contributed by atoms with Gasteiger partial charge in [-0.2, -0.15) is 0 Å². The van der Waals surface area contributed by atoms with Crippen LogP contribution in [0.4, 0.5) is 4.79 Å². The van der Waals surface area contributed by atoms with Crippen molar-refractivity contribution in [1.82, 2.24) is 14.9 Å². The predicted molar refractivity (Wildman–Crippen MR) is 141 cm³/mol. The highest BCUT2D eigenvalue weighted by Crippen LogP contribution is 2.39. The summed E-state index contributed by atoms with van der Waals surface area (Å²) in [4.78, 5) is 17.0. The zero-order valence-electron chi connectivity index (χ0n) is 23.3. The summed E-state index contributed by atoms with van der Waals surface area (Å²) in [5.74, 6) is 0. The summed E-state index contributed by atoms with van der Waals surface area (Å²) in [7, 11) is -4.17. The van der Waals surface area contributed by atoms with Crippen LogP contribution in [-0.2, 0) is 20.1 Å². The number of aromatic nitrogens is 2. The van der Waals surface area contributed by atoms with Crippen LogP contribution in [0.25, 0.3) is 0 Å². The zero-order valence-corrected chi connectivity index (χ0v) is 25.3. The molecule has 0 saturated carbocycles. The standard InChI is InChI=1S/C24H49N3O4Si2/c1-22(2,3)30-21(28)26-19(16-27-15-14-25-18-27)20(31-33(12,13)24(7,8)9)17-29-32(10,11)23(4,5)6/h14-15,18-20H,16-17H2,1-13H3,(H,26,28)/t19-,20+/m0/s1. The number of ether oxygens (including phenoxy) is 1. The van der Waals surface area contributed by atoms with E-state index < -0.39 is 28.3 Å². The van der Waals surface area contributed by atoms with Crippen LogP contribution in [0.2, 0.25) is 36.3 Å². The molecule has 1 aromatic rings. The largest absolute Gasteiger partial charge is 0.444 e. The summed E-state index contributed by atoms with van der Waals surface area (Å²) in [6, 6.07) is -0.340. The summed E-state index contributed by atoms with van der Waals surface area (Å²) in [5, 5.41) is 3.18. The summed E-state index contributed by atoms with van der Waals surface area (Å²) in [5.41, 5.74) is -0.586. The van der Waals surface area contributed by atoms with Crippen molar-refractivity contribution in [2.24, 2.45) is 0 Å². The summed E-state index contributed by atoms with van der Waals surface area (Å²) in [6.07, 6.45) is 4.60. The molecule has 9 heteroatoms. The Bertz CT molecular complexity index is 745. The second-order valence-corrected chi connectivity index (χ2v) is 22.6. The molecule has 2 atom stereocenters. The molecule has 192 valence electrons. The van der Waals surface area contributed by atoms with Crippen molar-refractivity contribution in [3.8, 4) is 0 Å². The lowest BCUT2D eigenvalue weighted by Crippen LogP contribution is -2.56. The number of rotatable bonds is 9. The lowest BCUT2D eigenvalue weighted by atomic mass is 10.1. The lowest BCUT2D eigenvalue weighted by molar-refractivity contribution is 0.0338. The molecular weight excluding hydrogens is 450 g/mol. The Balaban J connectivity index is 3.29. The Labute approximate surface area is 204 Å². The van der Waals surface area contributed by atoms with Gasteiger partial charge >= 0.3 is 6.09 Å². The first kappa shape index (κ1) is 29.9. The van der Waals surface area contributed by atoms with Crippen molar-refractivity contribution < 1.29 is 18.4 Å². The van der Waals surface area contributed by atoms with Gasteiger partial charge in [-0.25, -0.2) is 9.78 Å². The van der Waals surface area contributed by atoms with Gasteiger partial charge in [-0.1, -0.05) is 41.5 Å². The molecule has 0 aliphatic carbocycles. The van der Waals surface area contributed by atoms with E-state index in [9.17, 15) is 4.79 Å². The first-order valence-corrected chi connectivity index (χ1v) is 17.7. The second-order valence-electron chi connectivity index (χ2n) is 13.0. The Hall–Kier alpha value is -1.17. The quantitative estimate of drug-likeness (QED) is 0.410. The van der Waals surface area contributed by atoms with Gasteiger partial charge < -0.3 is 23.5 Å². The van der Waals surface area contributed by atoms with Gasteiger partial charge in [0.1, 0.15) is 5.60 Å². The van der Waals surface area contributed by atoms with Gasteiger partial charge in [-0.15, -0.1) is 0 Å². The Morgan fingerprint density at radius 3 is 1.94 bits per heavy atom. The van der Waals surface area contributed by atoms with Crippen molar-refractivity contribution in [3.05, 3.63) is 18.7 Å². The lowest BCUT2D eigenvalue weighted by Gasteiger charge is -2.43. The fourth-order valence-corrected chi connectivity index (χ4v) is 4.99. The third-order valence-corrected chi connectivity index (χ3v) is 15.8. The van der Waals surface area contributed by atoms with E-state index in [0.717, 1.165) is 0 Å². The first-order valence-electron chi connectivity index (χ1n) is 11.9. The maximum absolute atomic E-state index is 12.8. The average Bonchev–Trinajstić information content (AvgIpc) is 3.07. The number of amides is 1. The molecule has 1 aromatic heterocycles. The van der Waals surface area contributed by atoms with Gasteiger partial charge in [0.25, 0.3) is 0 Å². The zero-order chi connectivity index (χ0) is 25.9. The number of nitrogens with zero attached hydrogens (tertiary/aromatic N) is 2. The highest BCUT2D eigenvalue weighted by Gasteiger charge is 2.43. The Morgan fingerprint density at radius 1 is 0.970 bits per heavy atom. The predicted octanol–water partition coefficient (Wildman–Crippen LogP) is 6.19. The van der Waals surface area contributed by atoms with Crippen LogP contribution in [-0.4, -0.2) is 56.6 Å². The SMILES string of the molecule is CC(C)(C)OC(=O)N[C@@H](Cn1ccnc1)[C@@H](CO[Si](C)(C)C(C)(C)C)O[Si](C)(C)C(C)(C)C. The smallest absolute Gasteiger partial charge is 0.408 e. The van der Waals surface area contributed by atoms with Crippen LogP contribution in [0.5, 0.6) is 0 Å². The van der Waals surface area contributed by atoms with E-state index in [1.54, 1.807) is 12.5 Å². The molecule has 0 spiro atoms. The number of carbonyl (C=O) groups is 1. The van der Waals surface area contributed by atoms with E-state index in [1.807, 2.05) is 31.5 Å². The van der Waals surface area contributed by atoms with Gasteiger partial charge in [0, 0.05) is 18.9 Å². The van der Waals surface area contributed by atoms with Crippen molar-refractivity contribution in [2.75, 3.05) is 6.61 Å². The number of imidazole rings is 1. The van der Waals surface area contributed by atoms with E-state index in [1.165, 1.54) is 0 Å². The molecule has 0 fully saturated rings. The molecular formula is C24H49N3O4Si2.